The zero-order chi connectivity index (χ0) is 11.1. The van der Waals surface area contributed by atoms with Crippen molar-refractivity contribution in [3.63, 3.8) is 0 Å². The molecular weight excluding hydrogens is 198 g/mol. The van der Waals surface area contributed by atoms with Crippen LogP contribution in [0.25, 0.3) is 21.7 Å². The predicted octanol–water partition coefficient (Wildman–Crippen LogP) is 2.99. The van der Waals surface area contributed by atoms with Crippen molar-refractivity contribution in [2.75, 3.05) is 0 Å². The average Bonchev–Trinajstić information content (AvgIpc) is 2.29. The molecule has 0 radical (unpaired) electrons. The molecule has 16 heavy (non-hydrogen) atoms. The summed E-state index contributed by atoms with van der Waals surface area (Å²) in [4.78, 5) is 14.9. The summed E-state index contributed by atoms with van der Waals surface area (Å²) in [6, 6.07) is 13.8. The van der Waals surface area contributed by atoms with E-state index in [1.165, 1.54) is 0 Å². The van der Waals surface area contributed by atoms with Gasteiger partial charge in [-0.05, 0) is 23.9 Å². The van der Waals surface area contributed by atoms with Gasteiger partial charge in [0.05, 0.1) is 5.39 Å². The summed E-state index contributed by atoms with van der Waals surface area (Å²) in [5.74, 6) is 0. The molecule has 0 saturated carbocycles. The largest absolute Gasteiger partial charge is 0.321 e. The van der Waals surface area contributed by atoms with Gasteiger partial charge in [-0.15, -0.1) is 0 Å². The lowest BCUT2D eigenvalue weighted by Crippen LogP contribution is -2.07. The van der Waals surface area contributed by atoms with Crippen LogP contribution in [0.1, 0.15) is 5.56 Å². The summed E-state index contributed by atoms with van der Waals surface area (Å²) in [7, 11) is 0. The van der Waals surface area contributed by atoms with Crippen molar-refractivity contribution < 1.29 is 0 Å². The number of hydrogen-bond acceptors (Lipinski definition) is 1. The second-order valence-electron chi connectivity index (χ2n) is 4.00. The SMILES string of the molecule is Cc1cccc2c1c(=O)[nH]c1ccccc12. The number of hydrogen-bond donors (Lipinski definition) is 1. The standard InChI is InChI=1S/C14H11NO/c1-9-5-4-7-11-10-6-2-3-8-12(10)15-14(16)13(9)11/h2-8H,1H3,(H,15,16). The van der Waals surface area contributed by atoms with Crippen LogP contribution in [0.3, 0.4) is 0 Å². The summed E-state index contributed by atoms with van der Waals surface area (Å²) >= 11 is 0. The topological polar surface area (TPSA) is 32.9 Å². The molecule has 0 atom stereocenters. The monoisotopic (exact) mass is 209 g/mol. The van der Waals surface area contributed by atoms with E-state index in [1.54, 1.807) is 0 Å². The molecule has 3 aromatic rings. The molecule has 2 nitrogen and oxygen atoms in total. The number of pyridine rings is 1. The van der Waals surface area contributed by atoms with Gasteiger partial charge >= 0.3 is 0 Å². The molecule has 0 aliphatic heterocycles. The van der Waals surface area contributed by atoms with E-state index < -0.39 is 0 Å². The number of nitrogens with one attached hydrogen (secondary N) is 1. The first-order valence-electron chi connectivity index (χ1n) is 5.28. The van der Waals surface area contributed by atoms with E-state index >= 15 is 0 Å². The van der Waals surface area contributed by atoms with Crippen LogP contribution in [-0.4, -0.2) is 4.98 Å². The van der Waals surface area contributed by atoms with Crippen LogP contribution in [0, 0.1) is 6.92 Å². The second-order valence-corrected chi connectivity index (χ2v) is 4.00. The number of para-hydroxylation sites is 1. The minimum Gasteiger partial charge on any atom is -0.321 e. The van der Waals surface area contributed by atoms with Crippen LogP contribution >= 0.6 is 0 Å². The number of aromatic nitrogens is 1. The van der Waals surface area contributed by atoms with E-state index in [2.05, 4.69) is 4.98 Å². The zero-order valence-electron chi connectivity index (χ0n) is 8.95. The maximum atomic E-state index is 12.0. The molecular formula is C14H11NO. The Balaban J connectivity index is 2.71. The first-order valence-corrected chi connectivity index (χ1v) is 5.28. The summed E-state index contributed by atoms with van der Waals surface area (Å²) in [6.45, 7) is 1.96. The quantitative estimate of drug-likeness (QED) is 0.567. The van der Waals surface area contributed by atoms with Crippen molar-refractivity contribution in [2.24, 2.45) is 0 Å². The third-order valence-corrected chi connectivity index (χ3v) is 2.97. The molecule has 0 spiro atoms. The van der Waals surface area contributed by atoms with Gasteiger partial charge < -0.3 is 4.98 Å². The van der Waals surface area contributed by atoms with Gasteiger partial charge in [-0.1, -0.05) is 36.4 Å². The molecule has 0 aliphatic rings. The van der Waals surface area contributed by atoms with E-state index in [1.807, 2.05) is 49.4 Å². The summed E-state index contributed by atoms with van der Waals surface area (Å²) in [5, 5.41) is 2.92. The maximum Gasteiger partial charge on any atom is 0.256 e. The van der Waals surface area contributed by atoms with Crippen LogP contribution in [0.2, 0.25) is 0 Å². The molecule has 1 aromatic heterocycles. The Morgan fingerprint density at radius 1 is 0.938 bits per heavy atom. The smallest absolute Gasteiger partial charge is 0.256 e. The Hall–Kier alpha value is -2.09. The van der Waals surface area contributed by atoms with Gasteiger partial charge in [-0.3, -0.25) is 4.79 Å². The van der Waals surface area contributed by atoms with Gasteiger partial charge in [0.25, 0.3) is 5.56 Å². The normalized spacial score (nSPS) is 11.1. The minimum absolute atomic E-state index is 0.00759. The van der Waals surface area contributed by atoms with Crippen LogP contribution in [-0.2, 0) is 0 Å². The molecule has 1 N–H and O–H groups in total. The van der Waals surface area contributed by atoms with E-state index in [-0.39, 0.29) is 5.56 Å². The van der Waals surface area contributed by atoms with E-state index in [0.29, 0.717) is 0 Å². The average molecular weight is 209 g/mol. The molecule has 78 valence electrons. The Bertz CT molecular complexity index is 740. The molecule has 2 heteroatoms. The number of H-pyrrole nitrogens is 1. The number of benzene rings is 2. The van der Waals surface area contributed by atoms with Gasteiger partial charge in [-0.2, -0.15) is 0 Å². The molecule has 0 fully saturated rings. The van der Waals surface area contributed by atoms with Crippen LogP contribution in [0.5, 0.6) is 0 Å². The Morgan fingerprint density at radius 3 is 2.56 bits per heavy atom. The van der Waals surface area contributed by atoms with E-state index in [0.717, 1.165) is 27.2 Å². The van der Waals surface area contributed by atoms with E-state index in [4.69, 9.17) is 0 Å². The Morgan fingerprint density at radius 2 is 1.69 bits per heavy atom. The van der Waals surface area contributed by atoms with Crippen LogP contribution < -0.4 is 5.56 Å². The fraction of sp³-hybridized carbons (Fsp3) is 0.0714. The highest BCUT2D eigenvalue weighted by Gasteiger charge is 2.05. The molecule has 0 bridgehead atoms. The van der Waals surface area contributed by atoms with E-state index in [9.17, 15) is 4.79 Å². The lowest BCUT2D eigenvalue weighted by molar-refractivity contribution is 1.33. The highest BCUT2D eigenvalue weighted by Crippen LogP contribution is 2.22. The molecule has 3 rings (SSSR count). The van der Waals surface area contributed by atoms with Gasteiger partial charge in [0.15, 0.2) is 0 Å². The van der Waals surface area contributed by atoms with Gasteiger partial charge in [0, 0.05) is 10.9 Å². The molecule has 0 saturated heterocycles. The molecule has 0 aliphatic carbocycles. The molecule has 1 heterocycles. The van der Waals surface area contributed by atoms with Gasteiger partial charge in [-0.25, -0.2) is 0 Å². The lowest BCUT2D eigenvalue weighted by atomic mass is 10.0. The lowest BCUT2D eigenvalue weighted by Gasteiger charge is -2.05. The fourth-order valence-corrected chi connectivity index (χ4v) is 2.21. The molecule has 2 aromatic carbocycles. The molecule has 0 unspecified atom stereocenters. The van der Waals surface area contributed by atoms with Crippen molar-refractivity contribution in [2.45, 2.75) is 6.92 Å². The van der Waals surface area contributed by atoms with Gasteiger partial charge in [0.2, 0.25) is 0 Å². The van der Waals surface area contributed by atoms with Crippen molar-refractivity contribution in [3.05, 3.63) is 58.4 Å². The number of fused-ring (bicyclic) bond motifs is 3. The van der Waals surface area contributed by atoms with Crippen LogP contribution in [0.15, 0.2) is 47.3 Å². The third-order valence-electron chi connectivity index (χ3n) is 2.97. The van der Waals surface area contributed by atoms with Crippen molar-refractivity contribution in [1.82, 2.24) is 4.98 Å². The maximum absolute atomic E-state index is 12.0. The highest BCUT2D eigenvalue weighted by molar-refractivity contribution is 6.06. The number of rotatable bonds is 0. The molecule has 0 amide bonds. The van der Waals surface area contributed by atoms with Crippen molar-refractivity contribution >= 4 is 21.7 Å². The minimum atomic E-state index is -0.00759. The summed E-state index contributed by atoms with van der Waals surface area (Å²) in [6.07, 6.45) is 0. The summed E-state index contributed by atoms with van der Waals surface area (Å²) < 4.78 is 0. The first-order chi connectivity index (χ1) is 7.77. The Labute approximate surface area is 92.5 Å². The summed E-state index contributed by atoms with van der Waals surface area (Å²) in [5.41, 5.74) is 1.90. The van der Waals surface area contributed by atoms with Crippen LogP contribution in [0.4, 0.5) is 0 Å². The van der Waals surface area contributed by atoms with Crippen molar-refractivity contribution in [1.29, 1.82) is 0 Å². The fourth-order valence-electron chi connectivity index (χ4n) is 2.21. The predicted molar refractivity (Wildman–Crippen MR) is 66.8 cm³/mol. The zero-order valence-corrected chi connectivity index (χ0v) is 8.95. The number of aromatic amines is 1. The second kappa shape index (κ2) is 3.20. The van der Waals surface area contributed by atoms with Gasteiger partial charge in [0.1, 0.15) is 0 Å². The first kappa shape index (κ1) is 9.16. The van der Waals surface area contributed by atoms with Crippen molar-refractivity contribution in [3.8, 4) is 0 Å². The third kappa shape index (κ3) is 1.16. The highest BCUT2D eigenvalue weighted by atomic mass is 16.1. The Kier molecular flexibility index (Phi) is 1.83. The number of aryl methyl sites for hydroxylation is 1.